The molecule has 1 saturated carbocycles. The molecule has 1 aliphatic heterocycles. The molecule has 2 aromatic carbocycles. The topological polar surface area (TPSA) is 157 Å². The number of amides is 2. The van der Waals surface area contributed by atoms with Crippen molar-refractivity contribution in [3.05, 3.63) is 83.4 Å². The first-order valence-electron chi connectivity index (χ1n) is 13.8. The fourth-order valence-corrected chi connectivity index (χ4v) is 5.13. The molecule has 45 heavy (non-hydrogen) atoms. The highest BCUT2D eigenvalue weighted by atomic mass is 19.4. The van der Waals surface area contributed by atoms with Gasteiger partial charge in [0.2, 0.25) is 11.5 Å². The lowest BCUT2D eigenvalue weighted by atomic mass is 9.80. The highest BCUT2D eigenvalue weighted by Gasteiger charge is 2.58. The average Bonchev–Trinajstić information content (AvgIpc) is 3.75. The summed E-state index contributed by atoms with van der Waals surface area (Å²) in [7, 11) is 0. The molecule has 2 aliphatic rings. The number of benzene rings is 2. The van der Waals surface area contributed by atoms with Crippen molar-refractivity contribution < 1.29 is 46.8 Å². The molecule has 0 radical (unpaired) electrons. The van der Waals surface area contributed by atoms with Gasteiger partial charge in [-0.3, -0.25) is 14.6 Å². The Morgan fingerprint density at radius 1 is 1.13 bits per heavy atom. The molecule has 1 aliphatic carbocycles. The molecule has 3 heterocycles. The highest BCUT2D eigenvalue weighted by Crippen LogP contribution is 2.48. The maximum absolute atomic E-state index is 14.7. The van der Waals surface area contributed by atoms with E-state index in [0.717, 1.165) is 31.0 Å². The van der Waals surface area contributed by atoms with Gasteiger partial charge < -0.3 is 30.7 Å². The van der Waals surface area contributed by atoms with Crippen LogP contribution in [0.25, 0.3) is 22.2 Å². The van der Waals surface area contributed by atoms with Gasteiger partial charge in [0.25, 0.3) is 5.91 Å². The Balaban J connectivity index is 1.41. The maximum atomic E-state index is 14.7. The van der Waals surface area contributed by atoms with Gasteiger partial charge in [0, 0.05) is 28.3 Å². The Morgan fingerprint density at radius 3 is 2.51 bits per heavy atom. The first-order valence-corrected chi connectivity index (χ1v) is 13.8. The first kappa shape index (κ1) is 30.2. The molecule has 14 heteroatoms. The number of carbonyl (C=O) groups is 2. The van der Waals surface area contributed by atoms with Crippen molar-refractivity contribution in [3.63, 3.8) is 0 Å². The Bertz CT molecular complexity index is 1810. The third-order valence-electron chi connectivity index (χ3n) is 7.96. The largest absolute Gasteiger partial charge is 0.489 e. The standard InChI is InChI=1S/C31H26F4N4O6/c32-19-5-3-16(4-6-19)25-26-21(29(14-40,15-44-26)28(36)42)12-23(39-25)30(43,31(33,34)35)13-38-27(41)18-10-17-2-1-9-37-24(17)22(11-18)45-20-7-8-20/h1-6,9-12,20,40,43H,7-8,13-15H2,(H2,36,42)(H,38,41)/t29-,30?/m0/s1. The van der Waals surface area contributed by atoms with E-state index in [1.54, 1.807) is 18.3 Å². The Labute approximate surface area is 252 Å². The number of carbonyl (C=O) groups excluding carboxylic acids is 2. The second-order valence-corrected chi connectivity index (χ2v) is 11.0. The van der Waals surface area contributed by atoms with Gasteiger partial charge in [-0.15, -0.1) is 0 Å². The van der Waals surface area contributed by atoms with E-state index in [9.17, 15) is 37.4 Å². The Hall–Kier alpha value is -4.82. The number of aromatic nitrogens is 2. The van der Waals surface area contributed by atoms with Crippen molar-refractivity contribution in [3.8, 4) is 22.8 Å². The predicted octanol–water partition coefficient (Wildman–Crippen LogP) is 3.26. The number of halogens is 4. The van der Waals surface area contributed by atoms with Crippen LogP contribution >= 0.6 is 0 Å². The molecular weight excluding hydrogens is 600 g/mol. The SMILES string of the molecule is NC(=O)[C@@]1(CO)COc2c1cc(C(O)(CNC(=O)c1cc(OC3CC3)c3ncccc3c1)C(F)(F)F)nc2-c1ccc(F)cc1. The number of alkyl halides is 3. The van der Waals surface area contributed by atoms with Gasteiger partial charge in [-0.25, -0.2) is 9.37 Å². The number of aliphatic hydroxyl groups is 2. The van der Waals surface area contributed by atoms with E-state index in [-0.39, 0.29) is 34.2 Å². The van der Waals surface area contributed by atoms with Crippen LogP contribution in [0.5, 0.6) is 11.5 Å². The summed E-state index contributed by atoms with van der Waals surface area (Å²) in [5.74, 6) is -2.56. The molecule has 4 aromatic rings. The summed E-state index contributed by atoms with van der Waals surface area (Å²) in [6.45, 7) is -2.83. The van der Waals surface area contributed by atoms with Crippen molar-refractivity contribution in [2.75, 3.05) is 19.8 Å². The third kappa shape index (κ3) is 5.29. The van der Waals surface area contributed by atoms with Gasteiger partial charge in [-0.05, 0) is 61.4 Å². The number of pyridine rings is 2. The number of nitrogens with two attached hydrogens (primary N) is 1. The van der Waals surface area contributed by atoms with E-state index in [4.69, 9.17) is 15.2 Å². The normalized spacial score (nSPS) is 19.0. The monoisotopic (exact) mass is 626 g/mol. The highest BCUT2D eigenvalue weighted by molar-refractivity contribution is 6.00. The number of fused-ring (bicyclic) bond motifs is 2. The molecular formula is C31H26F4N4O6. The van der Waals surface area contributed by atoms with Gasteiger partial charge in [0.1, 0.15) is 40.5 Å². The van der Waals surface area contributed by atoms with Crippen LogP contribution in [0, 0.1) is 5.82 Å². The van der Waals surface area contributed by atoms with Crippen molar-refractivity contribution in [2.24, 2.45) is 5.73 Å². The molecule has 234 valence electrons. The van der Waals surface area contributed by atoms with E-state index in [1.807, 2.05) is 0 Å². The number of primary amides is 1. The average molecular weight is 627 g/mol. The number of hydrogen-bond acceptors (Lipinski definition) is 8. The second kappa shape index (κ2) is 11.0. The van der Waals surface area contributed by atoms with Crippen LogP contribution < -0.4 is 20.5 Å². The van der Waals surface area contributed by atoms with Crippen LogP contribution in [0.3, 0.4) is 0 Å². The molecule has 1 fully saturated rings. The van der Waals surface area contributed by atoms with Crippen LogP contribution in [0.4, 0.5) is 17.6 Å². The Kier molecular flexibility index (Phi) is 7.36. The summed E-state index contributed by atoms with van der Waals surface area (Å²) >= 11 is 0. The fraction of sp³-hybridized carbons (Fsp3) is 0.290. The molecule has 2 amide bonds. The molecule has 6 rings (SSSR count). The number of nitrogens with one attached hydrogen (secondary N) is 1. The summed E-state index contributed by atoms with van der Waals surface area (Å²) in [6.07, 6.45) is -2.29. The van der Waals surface area contributed by atoms with E-state index >= 15 is 0 Å². The third-order valence-corrected chi connectivity index (χ3v) is 7.96. The zero-order valence-electron chi connectivity index (χ0n) is 23.4. The van der Waals surface area contributed by atoms with E-state index in [1.165, 1.54) is 24.3 Å². The number of nitrogens with zero attached hydrogens (tertiary/aromatic N) is 2. The molecule has 0 saturated heterocycles. The maximum Gasteiger partial charge on any atom is 0.424 e. The summed E-state index contributed by atoms with van der Waals surface area (Å²) < 4.78 is 69.4. The zero-order valence-corrected chi connectivity index (χ0v) is 23.4. The zero-order chi connectivity index (χ0) is 32.1. The minimum Gasteiger partial charge on any atom is -0.489 e. The minimum atomic E-state index is -5.41. The smallest absolute Gasteiger partial charge is 0.424 e. The molecule has 0 spiro atoms. The molecule has 5 N–H and O–H groups in total. The van der Waals surface area contributed by atoms with Crippen molar-refractivity contribution in [1.29, 1.82) is 0 Å². The second-order valence-electron chi connectivity index (χ2n) is 11.0. The van der Waals surface area contributed by atoms with Crippen LogP contribution in [0.2, 0.25) is 0 Å². The van der Waals surface area contributed by atoms with E-state index in [2.05, 4.69) is 15.3 Å². The van der Waals surface area contributed by atoms with Gasteiger partial charge in [0.15, 0.2) is 0 Å². The molecule has 2 aromatic heterocycles. The summed E-state index contributed by atoms with van der Waals surface area (Å²) in [5.41, 5.74) is -1.21. The van der Waals surface area contributed by atoms with Crippen LogP contribution in [0.1, 0.15) is 34.5 Å². The van der Waals surface area contributed by atoms with Crippen LogP contribution in [-0.2, 0) is 15.8 Å². The van der Waals surface area contributed by atoms with E-state index < -0.39 is 60.3 Å². The van der Waals surface area contributed by atoms with Crippen molar-refractivity contribution in [2.45, 2.75) is 36.1 Å². The number of rotatable bonds is 9. The summed E-state index contributed by atoms with van der Waals surface area (Å²) in [6, 6.07) is 11.4. The van der Waals surface area contributed by atoms with Crippen LogP contribution in [0.15, 0.2) is 60.8 Å². The first-order chi connectivity index (χ1) is 21.4. The minimum absolute atomic E-state index is 0.0361. The van der Waals surface area contributed by atoms with Gasteiger partial charge >= 0.3 is 6.18 Å². The Morgan fingerprint density at radius 2 is 1.87 bits per heavy atom. The summed E-state index contributed by atoms with van der Waals surface area (Å²) in [5, 5.41) is 24.1. The lowest BCUT2D eigenvalue weighted by Gasteiger charge is -2.31. The van der Waals surface area contributed by atoms with Crippen molar-refractivity contribution >= 4 is 22.7 Å². The van der Waals surface area contributed by atoms with Crippen molar-refractivity contribution in [1.82, 2.24) is 15.3 Å². The molecule has 2 atom stereocenters. The van der Waals surface area contributed by atoms with Crippen LogP contribution in [-0.4, -0.2) is 64.0 Å². The lowest BCUT2D eigenvalue weighted by molar-refractivity contribution is -0.265. The lowest BCUT2D eigenvalue weighted by Crippen LogP contribution is -2.52. The van der Waals surface area contributed by atoms with Gasteiger partial charge in [0.05, 0.1) is 24.9 Å². The van der Waals surface area contributed by atoms with Gasteiger partial charge in [-0.2, -0.15) is 13.2 Å². The number of hydrogen-bond donors (Lipinski definition) is 4. The molecule has 0 bridgehead atoms. The van der Waals surface area contributed by atoms with Gasteiger partial charge in [-0.1, -0.05) is 6.07 Å². The summed E-state index contributed by atoms with van der Waals surface area (Å²) in [4.78, 5) is 34.1. The predicted molar refractivity (Wildman–Crippen MR) is 151 cm³/mol. The number of aliphatic hydroxyl groups excluding tert-OH is 1. The number of ether oxygens (including phenoxy) is 2. The fourth-order valence-electron chi connectivity index (χ4n) is 5.13. The van der Waals surface area contributed by atoms with E-state index in [0.29, 0.717) is 16.7 Å². The molecule has 10 nitrogen and oxygen atoms in total. The quantitative estimate of drug-likeness (QED) is 0.206. The molecule has 1 unspecified atom stereocenters.